The van der Waals surface area contributed by atoms with Crippen molar-refractivity contribution in [3.63, 3.8) is 0 Å². The van der Waals surface area contributed by atoms with Crippen molar-refractivity contribution in [1.29, 1.82) is 0 Å². The zero-order valence-corrected chi connectivity index (χ0v) is 26.9. The first kappa shape index (κ1) is 42.1. The zero-order chi connectivity index (χ0) is 36.7. The third-order valence-electron chi connectivity index (χ3n) is 6.22. The van der Waals surface area contributed by atoms with E-state index in [1.165, 1.54) is 12.2 Å². The topological polar surface area (TPSA) is 148 Å². The molecule has 0 aliphatic heterocycles. The van der Waals surface area contributed by atoms with Crippen LogP contribution in [0.3, 0.4) is 0 Å². The van der Waals surface area contributed by atoms with E-state index < -0.39 is 72.9 Å². The van der Waals surface area contributed by atoms with Crippen LogP contribution in [0.2, 0.25) is 10.0 Å². The molecule has 0 bridgehead atoms. The van der Waals surface area contributed by atoms with Gasteiger partial charge in [-0.1, -0.05) is 47.5 Å². The maximum atomic E-state index is 12.1. The van der Waals surface area contributed by atoms with Gasteiger partial charge in [-0.3, -0.25) is 24.0 Å². The number of aliphatic hydroxyl groups is 1. The van der Waals surface area contributed by atoms with Gasteiger partial charge in [0.05, 0.1) is 25.2 Å². The lowest BCUT2D eigenvalue weighted by Crippen LogP contribution is -2.44. The van der Waals surface area contributed by atoms with Crippen LogP contribution < -0.4 is 10.6 Å². The fourth-order valence-corrected chi connectivity index (χ4v) is 3.74. The second-order valence-corrected chi connectivity index (χ2v) is 10.9. The standard InChI is InChI=1S/C15H17ClF3NO4.C15H15ClF3NO4/c2*1-9(21)12(8-20-14(23)15(17,18)19)13(22)24-7-6-10-2-4-11(16)5-3-10/h2-5,9,12,21H,6-8H2,1H3,(H,20,23);2-5,12H,6-8H2,1H3,(H,20,23)/t9-,12+;/m1./s1. The van der Waals surface area contributed by atoms with Crippen molar-refractivity contribution in [2.75, 3.05) is 26.3 Å². The molecular formula is C30H32Cl2F6N2O8. The maximum absolute atomic E-state index is 12.1. The predicted molar refractivity (Wildman–Crippen MR) is 160 cm³/mol. The maximum Gasteiger partial charge on any atom is 0.471 e. The molecule has 0 heterocycles. The summed E-state index contributed by atoms with van der Waals surface area (Å²) < 4.78 is 82.5. The number of rotatable bonds is 14. The molecule has 0 spiro atoms. The summed E-state index contributed by atoms with van der Waals surface area (Å²) in [4.78, 5) is 56.5. The van der Waals surface area contributed by atoms with Gasteiger partial charge < -0.3 is 25.2 Å². The Morgan fingerprint density at radius 3 is 1.44 bits per heavy atom. The van der Waals surface area contributed by atoms with Crippen LogP contribution in [0.1, 0.15) is 25.0 Å². The number of alkyl halides is 6. The minimum atomic E-state index is -5.08. The lowest BCUT2D eigenvalue weighted by Gasteiger charge is -2.19. The highest BCUT2D eigenvalue weighted by Gasteiger charge is 2.40. The van der Waals surface area contributed by atoms with Crippen LogP contribution in [-0.4, -0.2) is 79.4 Å². The molecule has 0 radical (unpaired) electrons. The van der Waals surface area contributed by atoms with E-state index in [0.717, 1.165) is 18.1 Å². The van der Waals surface area contributed by atoms with E-state index in [-0.39, 0.29) is 13.2 Å². The van der Waals surface area contributed by atoms with Crippen LogP contribution in [0.4, 0.5) is 26.3 Å². The van der Waals surface area contributed by atoms with E-state index in [2.05, 4.69) is 0 Å². The van der Waals surface area contributed by atoms with Gasteiger partial charge in [-0.2, -0.15) is 26.3 Å². The van der Waals surface area contributed by atoms with Crippen LogP contribution in [-0.2, 0) is 46.3 Å². The number of benzene rings is 2. The molecule has 2 rings (SSSR count). The molecule has 10 nitrogen and oxygen atoms in total. The number of halogens is 8. The highest BCUT2D eigenvalue weighted by molar-refractivity contribution is 6.30. The highest BCUT2D eigenvalue weighted by Crippen LogP contribution is 2.16. The van der Waals surface area contributed by atoms with Gasteiger partial charge >= 0.3 is 36.1 Å². The van der Waals surface area contributed by atoms with Gasteiger partial charge in [0.15, 0.2) is 0 Å². The monoisotopic (exact) mass is 732 g/mol. The van der Waals surface area contributed by atoms with Gasteiger partial charge in [-0.05, 0) is 49.2 Å². The second-order valence-electron chi connectivity index (χ2n) is 10.0. The van der Waals surface area contributed by atoms with Gasteiger partial charge in [-0.25, -0.2) is 0 Å². The average Bonchev–Trinajstić information content (AvgIpc) is 2.98. The summed E-state index contributed by atoms with van der Waals surface area (Å²) in [7, 11) is 0. The average molecular weight is 733 g/mol. The Hall–Kier alpha value is -3.89. The van der Waals surface area contributed by atoms with E-state index in [0.29, 0.717) is 22.9 Å². The first-order valence-electron chi connectivity index (χ1n) is 13.9. The van der Waals surface area contributed by atoms with Crippen molar-refractivity contribution in [2.24, 2.45) is 11.8 Å². The summed E-state index contributed by atoms with van der Waals surface area (Å²) in [5.41, 5.74) is 1.68. The number of ketones is 1. The Bertz CT molecular complexity index is 1370. The Balaban J connectivity index is 0.000000480. The van der Waals surface area contributed by atoms with Crippen molar-refractivity contribution < 1.29 is 64.9 Å². The molecule has 2 amide bonds. The van der Waals surface area contributed by atoms with Gasteiger partial charge in [0.25, 0.3) is 0 Å². The molecule has 1 unspecified atom stereocenters. The Morgan fingerprint density at radius 1 is 0.708 bits per heavy atom. The second kappa shape index (κ2) is 19.8. The molecule has 0 aliphatic carbocycles. The molecule has 2 aromatic carbocycles. The van der Waals surface area contributed by atoms with E-state index >= 15 is 0 Å². The molecule has 0 saturated carbocycles. The highest BCUT2D eigenvalue weighted by atomic mass is 35.5. The number of amides is 2. The fraction of sp³-hybridized carbons (Fsp3) is 0.433. The molecule has 3 atom stereocenters. The van der Waals surface area contributed by atoms with E-state index in [4.69, 9.17) is 32.7 Å². The van der Waals surface area contributed by atoms with Gasteiger partial charge in [-0.15, -0.1) is 0 Å². The third kappa shape index (κ3) is 16.3. The van der Waals surface area contributed by atoms with Crippen molar-refractivity contribution in [3.8, 4) is 0 Å². The van der Waals surface area contributed by atoms with Crippen LogP contribution in [0.25, 0.3) is 0 Å². The molecular weight excluding hydrogens is 701 g/mol. The summed E-state index contributed by atoms with van der Waals surface area (Å²) in [6.07, 6.45) is -10.7. The normalized spacial score (nSPS) is 13.1. The molecule has 48 heavy (non-hydrogen) atoms. The quantitative estimate of drug-likeness (QED) is 0.147. The van der Waals surface area contributed by atoms with Crippen LogP contribution >= 0.6 is 23.2 Å². The number of ether oxygens (including phenoxy) is 2. The molecule has 0 aromatic heterocycles. The zero-order valence-electron chi connectivity index (χ0n) is 25.4. The number of hydrogen-bond donors (Lipinski definition) is 3. The van der Waals surface area contributed by atoms with Crippen LogP contribution in [0.15, 0.2) is 48.5 Å². The number of carbonyl (C=O) groups is 5. The lowest BCUT2D eigenvalue weighted by molar-refractivity contribution is -0.174. The van der Waals surface area contributed by atoms with E-state index in [1.54, 1.807) is 53.8 Å². The minimum absolute atomic E-state index is 0.0170. The molecule has 18 heteroatoms. The van der Waals surface area contributed by atoms with Crippen molar-refractivity contribution in [3.05, 3.63) is 69.7 Å². The number of Topliss-reactive ketones (excluding diaryl/α,β-unsaturated/α-hetero) is 1. The SMILES string of the molecule is CC(=O)C(CNC(=O)C(F)(F)F)C(=O)OCCc1ccc(Cl)cc1.C[C@@H](O)[C@H](CNC(=O)C(F)(F)F)C(=O)OCCc1ccc(Cl)cc1. The molecule has 3 N–H and O–H groups in total. The number of carbonyl (C=O) groups excluding carboxylic acids is 5. The third-order valence-corrected chi connectivity index (χ3v) is 6.73. The van der Waals surface area contributed by atoms with Crippen molar-refractivity contribution in [2.45, 2.75) is 45.1 Å². The number of nitrogens with one attached hydrogen (secondary N) is 2. The molecule has 0 saturated heterocycles. The Kier molecular flexibility index (Phi) is 17.4. The Labute approximate surface area is 281 Å². The van der Waals surface area contributed by atoms with E-state index in [9.17, 15) is 55.4 Å². The summed E-state index contributed by atoms with van der Waals surface area (Å²) >= 11 is 11.5. The number of hydrogen-bond acceptors (Lipinski definition) is 8. The van der Waals surface area contributed by atoms with Gasteiger partial charge in [0, 0.05) is 36.0 Å². The number of esters is 2. The molecule has 0 aliphatic rings. The van der Waals surface area contributed by atoms with Gasteiger partial charge in [0.1, 0.15) is 11.7 Å². The predicted octanol–water partition coefficient (Wildman–Crippen LogP) is 4.41. The fourth-order valence-electron chi connectivity index (χ4n) is 3.49. The first-order chi connectivity index (χ1) is 22.2. The molecule has 2 aromatic rings. The lowest BCUT2D eigenvalue weighted by atomic mass is 10.0. The molecule has 0 fully saturated rings. The van der Waals surface area contributed by atoms with Crippen molar-refractivity contribution in [1.82, 2.24) is 10.6 Å². The Morgan fingerprint density at radius 2 is 1.08 bits per heavy atom. The molecule has 266 valence electrons. The summed E-state index contributed by atoms with van der Waals surface area (Å²) in [5.74, 6) is -9.75. The van der Waals surface area contributed by atoms with E-state index in [1.807, 2.05) is 0 Å². The first-order valence-corrected chi connectivity index (χ1v) is 14.7. The minimum Gasteiger partial charge on any atom is -0.465 e. The summed E-state index contributed by atoms with van der Waals surface area (Å²) in [6.45, 7) is 0.743. The van der Waals surface area contributed by atoms with Crippen molar-refractivity contribution >= 4 is 52.7 Å². The largest absolute Gasteiger partial charge is 0.471 e. The summed E-state index contributed by atoms with van der Waals surface area (Å²) in [5, 5.41) is 13.7. The number of aliphatic hydroxyl groups excluding tert-OH is 1. The smallest absolute Gasteiger partial charge is 0.465 e. The van der Waals surface area contributed by atoms with Gasteiger partial charge in [0.2, 0.25) is 0 Å². The van der Waals surface area contributed by atoms with Crippen LogP contribution in [0.5, 0.6) is 0 Å². The van der Waals surface area contributed by atoms with Crippen LogP contribution in [0, 0.1) is 11.8 Å². The summed E-state index contributed by atoms with van der Waals surface area (Å²) in [6, 6.07) is 13.6.